The van der Waals surface area contributed by atoms with E-state index in [9.17, 15) is 9.59 Å². The van der Waals surface area contributed by atoms with Gasteiger partial charge in [-0.15, -0.1) is 0 Å². The van der Waals surface area contributed by atoms with Gasteiger partial charge in [-0.3, -0.25) is 9.59 Å². The predicted molar refractivity (Wildman–Crippen MR) is 74.8 cm³/mol. The summed E-state index contributed by atoms with van der Waals surface area (Å²) in [4.78, 5) is 24.7. The second-order valence-electron chi connectivity index (χ2n) is 3.81. The molecule has 4 nitrogen and oxygen atoms in total. The van der Waals surface area contributed by atoms with Crippen molar-refractivity contribution in [1.29, 1.82) is 0 Å². The lowest BCUT2D eigenvalue weighted by molar-refractivity contribution is -0.120. The number of nitrogens with one attached hydrogen (secondary N) is 1. The topological polar surface area (TPSA) is 49.4 Å². The first kappa shape index (κ1) is 15.0. The van der Waals surface area contributed by atoms with Crippen LogP contribution in [0, 0.1) is 0 Å². The molecule has 1 aromatic rings. The smallest absolute Gasteiger partial charge is 0.253 e. The number of carbonyl (C=O) groups excluding carboxylic acids is 2. The number of hydrogen-bond donors (Lipinski definition) is 1. The molecule has 18 heavy (non-hydrogen) atoms. The maximum Gasteiger partial charge on any atom is 0.253 e. The first-order valence-corrected chi connectivity index (χ1v) is 6.53. The number of halogens is 2. The van der Waals surface area contributed by atoms with Gasteiger partial charge in [0, 0.05) is 42.1 Å². The summed E-state index contributed by atoms with van der Waals surface area (Å²) < 4.78 is 0.748. The molecule has 0 aliphatic carbocycles. The molecular formula is C12H14BrClN2O2. The SMILES string of the molecule is CNC(=O)CCN(C)C(=O)c1cc(Cl)cc(Br)c1. The van der Waals surface area contributed by atoms with Gasteiger partial charge in [0.2, 0.25) is 5.91 Å². The van der Waals surface area contributed by atoms with Gasteiger partial charge in [0.1, 0.15) is 0 Å². The van der Waals surface area contributed by atoms with Crippen LogP contribution >= 0.6 is 27.5 Å². The number of rotatable bonds is 4. The van der Waals surface area contributed by atoms with Crippen LogP contribution in [0.4, 0.5) is 0 Å². The van der Waals surface area contributed by atoms with E-state index in [1.54, 1.807) is 32.3 Å². The maximum absolute atomic E-state index is 12.1. The van der Waals surface area contributed by atoms with Crippen molar-refractivity contribution in [2.24, 2.45) is 0 Å². The molecule has 6 heteroatoms. The highest BCUT2D eigenvalue weighted by atomic mass is 79.9. The van der Waals surface area contributed by atoms with Crippen LogP contribution < -0.4 is 5.32 Å². The molecule has 2 amide bonds. The van der Waals surface area contributed by atoms with Crippen molar-refractivity contribution in [3.05, 3.63) is 33.3 Å². The summed E-state index contributed by atoms with van der Waals surface area (Å²) in [6.07, 6.45) is 0.278. The molecule has 0 unspecified atom stereocenters. The fraction of sp³-hybridized carbons (Fsp3) is 0.333. The Bertz CT molecular complexity index is 445. The Morgan fingerprint density at radius 1 is 1.39 bits per heavy atom. The fourth-order valence-corrected chi connectivity index (χ4v) is 2.25. The Kier molecular flexibility index (Phi) is 5.62. The molecule has 0 bridgehead atoms. The van der Waals surface area contributed by atoms with Crippen molar-refractivity contribution < 1.29 is 9.59 Å². The van der Waals surface area contributed by atoms with Crippen molar-refractivity contribution in [1.82, 2.24) is 10.2 Å². The molecule has 0 aliphatic rings. The minimum absolute atomic E-state index is 0.0954. The van der Waals surface area contributed by atoms with E-state index in [-0.39, 0.29) is 18.2 Å². The summed E-state index contributed by atoms with van der Waals surface area (Å²) in [5, 5.41) is 3.00. The van der Waals surface area contributed by atoms with E-state index >= 15 is 0 Å². The van der Waals surface area contributed by atoms with E-state index in [4.69, 9.17) is 11.6 Å². The summed E-state index contributed by atoms with van der Waals surface area (Å²) in [5.41, 5.74) is 0.494. The second-order valence-corrected chi connectivity index (χ2v) is 5.16. The summed E-state index contributed by atoms with van der Waals surface area (Å²) >= 11 is 9.17. The summed E-state index contributed by atoms with van der Waals surface area (Å²) in [6.45, 7) is 0.364. The Balaban J connectivity index is 2.71. The molecule has 0 atom stereocenters. The lowest BCUT2D eigenvalue weighted by atomic mass is 10.2. The quantitative estimate of drug-likeness (QED) is 0.919. The van der Waals surface area contributed by atoms with Crippen LogP contribution in [-0.2, 0) is 4.79 Å². The highest BCUT2D eigenvalue weighted by Gasteiger charge is 2.13. The summed E-state index contributed by atoms with van der Waals surface area (Å²) in [5.74, 6) is -0.260. The zero-order valence-corrected chi connectivity index (χ0v) is 12.5. The number of carbonyl (C=O) groups is 2. The Morgan fingerprint density at radius 2 is 2.06 bits per heavy atom. The highest BCUT2D eigenvalue weighted by Crippen LogP contribution is 2.20. The van der Waals surface area contributed by atoms with Gasteiger partial charge in [0.15, 0.2) is 0 Å². The molecule has 0 spiro atoms. The molecule has 1 rings (SSSR count). The highest BCUT2D eigenvalue weighted by molar-refractivity contribution is 9.10. The third-order valence-electron chi connectivity index (χ3n) is 2.41. The average Bonchev–Trinajstić information content (AvgIpc) is 2.33. The third-order valence-corrected chi connectivity index (χ3v) is 3.09. The first-order valence-electron chi connectivity index (χ1n) is 5.36. The molecule has 1 aromatic carbocycles. The number of amides is 2. The van der Waals surface area contributed by atoms with Crippen LogP contribution in [0.15, 0.2) is 22.7 Å². The summed E-state index contributed by atoms with van der Waals surface area (Å²) in [6, 6.07) is 5.01. The van der Waals surface area contributed by atoms with E-state index in [0.717, 1.165) is 4.47 Å². The summed E-state index contributed by atoms with van der Waals surface area (Å²) in [7, 11) is 3.22. The van der Waals surface area contributed by atoms with E-state index in [2.05, 4.69) is 21.2 Å². The van der Waals surface area contributed by atoms with Gasteiger partial charge in [0.05, 0.1) is 0 Å². The maximum atomic E-state index is 12.1. The average molecular weight is 334 g/mol. The predicted octanol–water partition coefficient (Wildman–Crippen LogP) is 2.31. The molecule has 0 heterocycles. The number of benzene rings is 1. The van der Waals surface area contributed by atoms with Crippen molar-refractivity contribution in [3.63, 3.8) is 0 Å². The van der Waals surface area contributed by atoms with Gasteiger partial charge in [-0.1, -0.05) is 27.5 Å². The fourth-order valence-electron chi connectivity index (χ4n) is 1.39. The standard InChI is InChI=1S/C12H14BrClN2O2/c1-15-11(17)3-4-16(2)12(18)8-5-9(13)7-10(14)6-8/h5-7H,3-4H2,1-2H3,(H,15,17). The lowest BCUT2D eigenvalue weighted by Gasteiger charge is -2.17. The van der Waals surface area contributed by atoms with E-state index in [1.807, 2.05) is 0 Å². The minimum atomic E-state index is -0.165. The van der Waals surface area contributed by atoms with Crippen LogP contribution in [0.5, 0.6) is 0 Å². The Labute approximate surface area is 119 Å². The Morgan fingerprint density at radius 3 is 2.61 bits per heavy atom. The molecule has 0 radical (unpaired) electrons. The van der Waals surface area contributed by atoms with Crippen molar-refractivity contribution in [2.45, 2.75) is 6.42 Å². The Hall–Kier alpha value is -1.07. The lowest BCUT2D eigenvalue weighted by Crippen LogP contribution is -2.31. The van der Waals surface area contributed by atoms with Crippen molar-refractivity contribution >= 4 is 39.3 Å². The second kappa shape index (κ2) is 6.75. The van der Waals surface area contributed by atoms with Gasteiger partial charge in [-0.25, -0.2) is 0 Å². The number of nitrogens with zero attached hydrogens (tertiary/aromatic N) is 1. The van der Waals surface area contributed by atoms with Gasteiger partial charge in [-0.05, 0) is 18.2 Å². The van der Waals surface area contributed by atoms with Crippen LogP contribution in [0.25, 0.3) is 0 Å². The zero-order chi connectivity index (χ0) is 13.7. The molecule has 0 saturated heterocycles. The monoisotopic (exact) mass is 332 g/mol. The van der Waals surface area contributed by atoms with Crippen LogP contribution in [-0.4, -0.2) is 37.4 Å². The van der Waals surface area contributed by atoms with Gasteiger partial charge >= 0.3 is 0 Å². The zero-order valence-electron chi connectivity index (χ0n) is 10.2. The van der Waals surface area contributed by atoms with Crippen molar-refractivity contribution in [2.75, 3.05) is 20.6 Å². The molecule has 98 valence electrons. The molecule has 0 saturated carbocycles. The molecule has 1 N–H and O–H groups in total. The van der Waals surface area contributed by atoms with Gasteiger partial charge in [-0.2, -0.15) is 0 Å². The van der Waals surface area contributed by atoms with Crippen LogP contribution in [0.1, 0.15) is 16.8 Å². The first-order chi connectivity index (χ1) is 8.43. The number of hydrogen-bond acceptors (Lipinski definition) is 2. The van der Waals surface area contributed by atoms with Gasteiger partial charge in [0.25, 0.3) is 5.91 Å². The van der Waals surface area contributed by atoms with Crippen LogP contribution in [0.2, 0.25) is 5.02 Å². The molecule has 0 fully saturated rings. The van der Waals surface area contributed by atoms with E-state index < -0.39 is 0 Å². The molecular weight excluding hydrogens is 320 g/mol. The van der Waals surface area contributed by atoms with E-state index in [0.29, 0.717) is 17.1 Å². The normalized spacial score (nSPS) is 10.0. The van der Waals surface area contributed by atoms with Crippen LogP contribution in [0.3, 0.4) is 0 Å². The van der Waals surface area contributed by atoms with Gasteiger partial charge < -0.3 is 10.2 Å². The molecule has 0 aliphatic heterocycles. The minimum Gasteiger partial charge on any atom is -0.359 e. The third kappa shape index (κ3) is 4.31. The molecule has 0 aromatic heterocycles. The van der Waals surface area contributed by atoms with Crippen molar-refractivity contribution in [3.8, 4) is 0 Å². The largest absolute Gasteiger partial charge is 0.359 e. The van der Waals surface area contributed by atoms with E-state index in [1.165, 1.54) is 4.90 Å².